The van der Waals surface area contributed by atoms with Crippen molar-refractivity contribution in [2.24, 2.45) is 0 Å². The molecule has 0 heterocycles. The Hall–Kier alpha value is -3.33. The SMILES string of the molecule is C=C(/C=C\C(=C/C)C(F)(F)F)/C(C=N)=C/C(=C)/C(=C\NC)C(=O)c1cc(NSCCC)ccc1F. The predicted octanol–water partition coefficient (Wildman–Crippen LogP) is 7.33. The van der Waals surface area contributed by atoms with E-state index in [9.17, 15) is 22.4 Å². The molecule has 0 aromatic heterocycles. The van der Waals surface area contributed by atoms with Crippen LogP contribution in [0.15, 0.2) is 89.7 Å². The van der Waals surface area contributed by atoms with Crippen LogP contribution in [0.3, 0.4) is 0 Å². The first-order chi connectivity index (χ1) is 16.5. The van der Waals surface area contributed by atoms with Crippen molar-refractivity contribution in [3.63, 3.8) is 0 Å². The van der Waals surface area contributed by atoms with Crippen LogP contribution in [0.2, 0.25) is 0 Å². The first-order valence-electron chi connectivity index (χ1n) is 10.6. The summed E-state index contributed by atoms with van der Waals surface area (Å²) >= 11 is 1.43. The summed E-state index contributed by atoms with van der Waals surface area (Å²) in [6.45, 7) is 10.8. The fraction of sp³-hybridized carbons (Fsp3) is 0.231. The highest BCUT2D eigenvalue weighted by Crippen LogP contribution is 2.28. The molecule has 35 heavy (non-hydrogen) atoms. The Morgan fingerprint density at radius 1 is 1.20 bits per heavy atom. The molecule has 0 fully saturated rings. The minimum atomic E-state index is -4.53. The van der Waals surface area contributed by atoms with Crippen LogP contribution in [0, 0.1) is 11.2 Å². The van der Waals surface area contributed by atoms with E-state index in [4.69, 9.17) is 5.41 Å². The van der Waals surface area contributed by atoms with E-state index in [1.807, 2.05) is 6.92 Å². The van der Waals surface area contributed by atoms with Gasteiger partial charge in [-0.2, -0.15) is 13.2 Å². The standard InChI is InChI=1S/C26H29F4N3OS/c1-6-12-35-33-21-10-11-24(27)22(14-21)25(34)23(16-32-5)18(4)13-19(15-31)17(3)8-9-20(7-2)26(28,29)30/h7-11,13-16,31-33H,3-4,6,12H2,1-2,5H3/b9-8-,19-13+,20-7+,23-16+,31-15?. The molecule has 4 nitrogen and oxygen atoms in total. The Morgan fingerprint density at radius 2 is 1.89 bits per heavy atom. The Balaban J connectivity index is 3.26. The Kier molecular flexibility index (Phi) is 12.0. The summed E-state index contributed by atoms with van der Waals surface area (Å²) in [6, 6.07) is 4.11. The lowest BCUT2D eigenvalue weighted by Gasteiger charge is -2.12. The number of rotatable bonds is 13. The molecular weight excluding hydrogens is 478 g/mol. The van der Waals surface area contributed by atoms with E-state index in [1.54, 1.807) is 7.05 Å². The van der Waals surface area contributed by atoms with Gasteiger partial charge in [0.2, 0.25) is 0 Å². The van der Waals surface area contributed by atoms with Crippen molar-refractivity contribution in [2.45, 2.75) is 26.4 Å². The maximum Gasteiger partial charge on any atom is 0.416 e. The third-order valence-corrected chi connectivity index (χ3v) is 5.54. The zero-order valence-electron chi connectivity index (χ0n) is 19.9. The number of hydrogen-bond donors (Lipinski definition) is 3. The first-order valence-corrected chi connectivity index (χ1v) is 11.6. The quantitative estimate of drug-likeness (QED) is 0.0497. The molecule has 188 valence electrons. The number of alkyl halides is 3. The van der Waals surface area contributed by atoms with Crippen molar-refractivity contribution in [1.29, 1.82) is 5.41 Å². The molecule has 1 aromatic carbocycles. The Labute approximate surface area is 207 Å². The van der Waals surface area contributed by atoms with Crippen LogP contribution < -0.4 is 10.0 Å². The lowest BCUT2D eigenvalue weighted by molar-refractivity contribution is -0.0883. The number of halogens is 4. The van der Waals surface area contributed by atoms with Gasteiger partial charge >= 0.3 is 6.18 Å². The minimum absolute atomic E-state index is 0.0188. The van der Waals surface area contributed by atoms with Gasteiger partial charge in [-0.3, -0.25) is 4.79 Å². The second-order valence-electron chi connectivity index (χ2n) is 7.19. The summed E-state index contributed by atoms with van der Waals surface area (Å²) < 4.78 is 56.4. The molecule has 0 aliphatic carbocycles. The van der Waals surface area contributed by atoms with Crippen molar-refractivity contribution in [3.8, 4) is 0 Å². The van der Waals surface area contributed by atoms with Crippen molar-refractivity contribution < 1.29 is 22.4 Å². The van der Waals surface area contributed by atoms with Crippen molar-refractivity contribution in [2.75, 3.05) is 17.5 Å². The predicted molar refractivity (Wildman–Crippen MR) is 138 cm³/mol. The second kappa shape index (κ2) is 14.2. The average Bonchev–Trinajstić information content (AvgIpc) is 2.80. The van der Waals surface area contributed by atoms with Crippen molar-refractivity contribution in [1.82, 2.24) is 5.32 Å². The van der Waals surface area contributed by atoms with Crippen LogP contribution in [0.25, 0.3) is 0 Å². The molecule has 0 amide bonds. The first kappa shape index (κ1) is 29.7. The fourth-order valence-corrected chi connectivity index (χ4v) is 3.33. The molecule has 1 rings (SSSR count). The number of benzene rings is 1. The summed E-state index contributed by atoms with van der Waals surface area (Å²) in [5, 5.41) is 10.4. The molecule has 0 unspecified atom stereocenters. The van der Waals surface area contributed by atoms with Crippen LogP contribution in [0.5, 0.6) is 0 Å². The second-order valence-corrected chi connectivity index (χ2v) is 8.09. The topological polar surface area (TPSA) is 65.0 Å². The van der Waals surface area contributed by atoms with Gasteiger partial charge in [0.15, 0.2) is 5.78 Å². The largest absolute Gasteiger partial charge is 0.416 e. The van der Waals surface area contributed by atoms with Gasteiger partial charge in [0.25, 0.3) is 0 Å². The van der Waals surface area contributed by atoms with Gasteiger partial charge in [0.1, 0.15) is 5.82 Å². The average molecular weight is 508 g/mol. The zero-order valence-corrected chi connectivity index (χ0v) is 20.7. The van der Waals surface area contributed by atoms with E-state index in [0.717, 1.165) is 36.6 Å². The molecule has 0 radical (unpaired) electrons. The highest BCUT2D eigenvalue weighted by Gasteiger charge is 2.30. The molecule has 0 saturated carbocycles. The summed E-state index contributed by atoms with van der Waals surface area (Å²) in [5.74, 6) is -0.539. The normalized spacial score (nSPS) is 13.1. The van der Waals surface area contributed by atoms with Crippen LogP contribution >= 0.6 is 11.9 Å². The number of carbonyl (C=O) groups is 1. The molecule has 0 saturated heterocycles. The summed E-state index contributed by atoms with van der Waals surface area (Å²) in [7, 11) is 1.55. The van der Waals surface area contributed by atoms with E-state index in [-0.39, 0.29) is 27.9 Å². The highest BCUT2D eigenvalue weighted by atomic mass is 32.2. The van der Waals surface area contributed by atoms with Crippen LogP contribution in [0.1, 0.15) is 30.6 Å². The van der Waals surface area contributed by atoms with Crippen LogP contribution in [-0.2, 0) is 0 Å². The maximum absolute atomic E-state index is 14.5. The minimum Gasteiger partial charge on any atom is -0.393 e. The molecule has 9 heteroatoms. The van der Waals surface area contributed by atoms with Gasteiger partial charge in [-0.15, -0.1) is 0 Å². The smallest absolute Gasteiger partial charge is 0.393 e. The Morgan fingerprint density at radius 3 is 2.43 bits per heavy atom. The molecule has 0 spiro atoms. The molecule has 0 atom stereocenters. The van der Waals surface area contributed by atoms with E-state index in [1.165, 1.54) is 49.3 Å². The molecule has 0 bridgehead atoms. The molecule has 0 aliphatic heterocycles. The molecule has 1 aromatic rings. The molecule has 3 N–H and O–H groups in total. The van der Waals surface area contributed by atoms with Gasteiger partial charge in [-0.05, 0) is 60.4 Å². The number of hydrogen-bond acceptors (Lipinski definition) is 5. The zero-order chi connectivity index (χ0) is 26.6. The highest BCUT2D eigenvalue weighted by molar-refractivity contribution is 8.00. The summed E-state index contributed by atoms with van der Waals surface area (Å²) in [6.07, 6.45) is 2.87. The van der Waals surface area contributed by atoms with Gasteiger partial charge in [-0.25, -0.2) is 4.39 Å². The third-order valence-electron chi connectivity index (χ3n) is 4.54. The van der Waals surface area contributed by atoms with E-state index in [0.29, 0.717) is 5.69 Å². The van der Waals surface area contributed by atoms with Gasteiger partial charge in [-0.1, -0.05) is 44.2 Å². The Bertz CT molecular complexity index is 1080. The van der Waals surface area contributed by atoms with Crippen LogP contribution in [-0.4, -0.2) is 31.0 Å². The number of Topliss-reactive ketones (excluding diaryl/α,β-unsaturated/α-hetero) is 1. The lowest BCUT2D eigenvalue weighted by atomic mass is 9.95. The maximum atomic E-state index is 14.5. The van der Waals surface area contributed by atoms with E-state index in [2.05, 4.69) is 23.2 Å². The van der Waals surface area contributed by atoms with Crippen molar-refractivity contribution in [3.05, 3.63) is 101 Å². The van der Waals surface area contributed by atoms with Crippen molar-refractivity contribution >= 4 is 29.6 Å². The van der Waals surface area contributed by atoms with Crippen LogP contribution in [0.4, 0.5) is 23.2 Å². The monoisotopic (exact) mass is 507 g/mol. The number of allylic oxidation sites excluding steroid dienone is 9. The number of anilines is 1. The van der Waals surface area contributed by atoms with E-state index >= 15 is 0 Å². The number of carbonyl (C=O) groups excluding carboxylic acids is 1. The van der Waals surface area contributed by atoms with Gasteiger partial charge < -0.3 is 15.4 Å². The summed E-state index contributed by atoms with van der Waals surface area (Å²) in [4.78, 5) is 13.2. The molecule has 0 aliphatic rings. The van der Waals surface area contributed by atoms with Gasteiger partial charge in [0.05, 0.1) is 11.1 Å². The number of ketones is 1. The summed E-state index contributed by atoms with van der Waals surface area (Å²) in [5.41, 5.74) is -0.115. The number of nitrogens with one attached hydrogen (secondary N) is 3. The lowest BCUT2D eigenvalue weighted by Crippen LogP contribution is -2.11. The van der Waals surface area contributed by atoms with Gasteiger partial charge in [0, 0.05) is 36.5 Å². The van der Waals surface area contributed by atoms with E-state index < -0.39 is 23.3 Å². The third kappa shape index (κ3) is 9.09. The fourth-order valence-electron chi connectivity index (χ4n) is 2.73. The molecular formula is C26H29F4N3OS.